The van der Waals surface area contributed by atoms with E-state index in [4.69, 9.17) is 0 Å². The van der Waals surface area contributed by atoms with Crippen LogP contribution in [0.4, 0.5) is 0 Å². The minimum Gasteiger partial charge on any atom is -0.339 e. The fourth-order valence-electron chi connectivity index (χ4n) is 3.56. The number of rotatable bonds is 2. The van der Waals surface area contributed by atoms with Gasteiger partial charge in [-0.15, -0.1) is 12.4 Å². The molecule has 1 aromatic carbocycles. The molecule has 21 heavy (non-hydrogen) atoms. The first-order valence-corrected chi connectivity index (χ1v) is 7.86. The van der Waals surface area contributed by atoms with Crippen molar-refractivity contribution in [3.05, 3.63) is 34.9 Å². The maximum absolute atomic E-state index is 12.8. The van der Waals surface area contributed by atoms with E-state index in [1.165, 1.54) is 17.5 Å². The normalized spacial score (nSPS) is 21.1. The lowest BCUT2D eigenvalue weighted by Crippen LogP contribution is -2.38. The van der Waals surface area contributed by atoms with Crippen LogP contribution in [0.25, 0.3) is 0 Å². The molecule has 116 valence electrons. The van der Waals surface area contributed by atoms with Crippen molar-refractivity contribution < 1.29 is 4.79 Å². The van der Waals surface area contributed by atoms with Gasteiger partial charge in [-0.3, -0.25) is 4.79 Å². The van der Waals surface area contributed by atoms with Crippen molar-refractivity contribution in [1.82, 2.24) is 10.2 Å². The molecule has 3 nitrogen and oxygen atoms in total. The van der Waals surface area contributed by atoms with Crippen molar-refractivity contribution in [1.29, 1.82) is 0 Å². The van der Waals surface area contributed by atoms with Gasteiger partial charge in [0.1, 0.15) is 0 Å². The molecule has 1 heterocycles. The molecule has 1 aromatic rings. The van der Waals surface area contributed by atoms with Gasteiger partial charge >= 0.3 is 0 Å². The lowest BCUT2D eigenvalue weighted by molar-refractivity contribution is 0.0719. The zero-order chi connectivity index (χ0) is 13.9. The van der Waals surface area contributed by atoms with Crippen molar-refractivity contribution in [2.75, 3.05) is 20.1 Å². The third-order valence-electron chi connectivity index (χ3n) is 4.79. The number of halogens is 1. The van der Waals surface area contributed by atoms with Crippen LogP contribution in [0.15, 0.2) is 18.2 Å². The fraction of sp³-hybridized carbons (Fsp3) is 0.588. The van der Waals surface area contributed by atoms with Gasteiger partial charge in [-0.25, -0.2) is 0 Å². The number of hydrogen-bond acceptors (Lipinski definition) is 2. The van der Waals surface area contributed by atoms with Crippen molar-refractivity contribution in [3.8, 4) is 0 Å². The minimum atomic E-state index is 0. The third-order valence-corrected chi connectivity index (χ3v) is 4.79. The zero-order valence-corrected chi connectivity index (χ0v) is 13.5. The summed E-state index contributed by atoms with van der Waals surface area (Å²) in [6.07, 6.45) is 6.73. The molecule has 0 aromatic heterocycles. The first-order valence-electron chi connectivity index (χ1n) is 7.86. The fourth-order valence-corrected chi connectivity index (χ4v) is 3.56. The van der Waals surface area contributed by atoms with Crippen LogP contribution >= 0.6 is 12.4 Å². The molecule has 1 unspecified atom stereocenters. The van der Waals surface area contributed by atoms with E-state index in [1.807, 2.05) is 24.1 Å². The number of benzene rings is 1. The predicted octanol–water partition coefficient (Wildman–Crippen LogP) is 2.81. The maximum Gasteiger partial charge on any atom is 0.254 e. The van der Waals surface area contributed by atoms with Gasteiger partial charge in [0, 0.05) is 18.7 Å². The van der Waals surface area contributed by atoms with E-state index in [1.54, 1.807) is 0 Å². The maximum atomic E-state index is 12.8. The topological polar surface area (TPSA) is 32.3 Å². The van der Waals surface area contributed by atoms with Crippen LogP contribution in [0.3, 0.4) is 0 Å². The van der Waals surface area contributed by atoms with Crippen molar-refractivity contribution in [2.24, 2.45) is 0 Å². The zero-order valence-electron chi connectivity index (χ0n) is 12.7. The Morgan fingerprint density at radius 2 is 2.05 bits per heavy atom. The van der Waals surface area contributed by atoms with Gasteiger partial charge in [-0.1, -0.05) is 12.1 Å². The van der Waals surface area contributed by atoms with Gasteiger partial charge in [0.05, 0.1) is 0 Å². The van der Waals surface area contributed by atoms with Crippen LogP contribution < -0.4 is 5.32 Å². The summed E-state index contributed by atoms with van der Waals surface area (Å²) in [6.45, 7) is 2.11. The van der Waals surface area contributed by atoms with E-state index in [-0.39, 0.29) is 18.3 Å². The van der Waals surface area contributed by atoms with Gasteiger partial charge < -0.3 is 10.2 Å². The first kappa shape index (κ1) is 16.3. The Balaban J connectivity index is 0.00000161. The summed E-state index contributed by atoms with van der Waals surface area (Å²) in [5.74, 6) is 0.218. The second kappa shape index (κ2) is 7.28. The summed E-state index contributed by atoms with van der Waals surface area (Å²) in [7, 11) is 1.98. The molecule has 1 saturated heterocycles. The average molecular weight is 309 g/mol. The standard InChI is InChI=1S/C17H24N2O.ClH/c1-19(14-7-4-11-18-12-10-14)17(20)16-9-3-6-13-5-2-8-15(13)16;/h3,6,9,14,18H,2,4-5,7-8,10-12H2,1H3;1H. The molecule has 1 aliphatic carbocycles. The largest absolute Gasteiger partial charge is 0.339 e. The van der Waals surface area contributed by atoms with Crippen molar-refractivity contribution >= 4 is 18.3 Å². The number of nitrogens with one attached hydrogen (secondary N) is 1. The summed E-state index contributed by atoms with van der Waals surface area (Å²) < 4.78 is 0. The number of nitrogens with zero attached hydrogens (tertiary/aromatic N) is 1. The molecule has 0 radical (unpaired) electrons. The van der Waals surface area contributed by atoms with Gasteiger partial charge in [0.25, 0.3) is 5.91 Å². The van der Waals surface area contributed by atoms with Gasteiger partial charge in [-0.2, -0.15) is 0 Å². The third kappa shape index (κ3) is 3.41. The summed E-state index contributed by atoms with van der Waals surface area (Å²) in [5, 5.41) is 3.41. The van der Waals surface area contributed by atoms with Crippen LogP contribution in [0.5, 0.6) is 0 Å². The van der Waals surface area contributed by atoms with Crippen molar-refractivity contribution in [2.45, 2.75) is 44.6 Å². The first-order chi connectivity index (χ1) is 9.77. The molecule has 2 aliphatic rings. The minimum absolute atomic E-state index is 0. The van der Waals surface area contributed by atoms with Crippen LogP contribution in [0.1, 0.15) is 47.2 Å². The highest BCUT2D eigenvalue weighted by Crippen LogP contribution is 2.27. The summed E-state index contributed by atoms with van der Waals surface area (Å²) >= 11 is 0. The second-order valence-electron chi connectivity index (χ2n) is 6.05. The summed E-state index contributed by atoms with van der Waals surface area (Å²) in [4.78, 5) is 14.8. The van der Waals surface area contributed by atoms with Crippen LogP contribution in [0, 0.1) is 0 Å². The molecule has 0 bridgehead atoms. The highest BCUT2D eigenvalue weighted by Gasteiger charge is 2.25. The molecule has 1 fully saturated rings. The summed E-state index contributed by atoms with van der Waals surface area (Å²) in [6, 6.07) is 6.61. The van der Waals surface area contributed by atoms with E-state index < -0.39 is 0 Å². The molecule has 0 saturated carbocycles. The monoisotopic (exact) mass is 308 g/mol. The average Bonchev–Trinajstić information content (AvgIpc) is 2.79. The molecule has 1 atom stereocenters. The Bertz CT molecular complexity index is 496. The van der Waals surface area contributed by atoms with Crippen molar-refractivity contribution in [3.63, 3.8) is 0 Å². The van der Waals surface area contributed by atoms with Crippen LogP contribution in [-0.4, -0.2) is 37.0 Å². The molecule has 3 rings (SSSR count). The lowest BCUT2D eigenvalue weighted by atomic mass is 10.0. The van der Waals surface area contributed by atoms with E-state index in [2.05, 4.69) is 11.4 Å². The van der Waals surface area contributed by atoms with E-state index in [9.17, 15) is 4.79 Å². The van der Waals surface area contributed by atoms with E-state index >= 15 is 0 Å². The molecule has 0 spiro atoms. The quantitative estimate of drug-likeness (QED) is 0.911. The molecular formula is C17H25ClN2O. The van der Waals surface area contributed by atoms with Crippen LogP contribution in [0.2, 0.25) is 0 Å². The molecule has 1 N–H and O–H groups in total. The Kier molecular flexibility index (Phi) is 5.65. The van der Waals surface area contributed by atoms with E-state index in [0.29, 0.717) is 6.04 Å². The Labute approximate surface area is 133 Å². The van der Waals surface area contributed by atoms with Gasteiger partial charge in [0.15, 0.2) is 0 Å². The van der Waals surface area contributed by atoms with Gasteiger partial charge in [0.2, 0.25) is 0 Å². The number of hydrogen-bond donors (Lipinski definition) is 1. The highest BCUT2D eigenvalue weighted by atomic mass is 35.5. The molecular weight excluding hydrogens is 284 g/mol. The number of amides is 1. The second-order valence-corrected chi connectivity index (χ2v) is 6.05. The predicted molar refractivity (Wildman–Crippen MR) is 88.3 cm³/mol. The summed E-state index contributed by atoms with van der Waals surface area (Å²) in [5.41, 5.74) is 3.63. The molecule has 1 amide bonds. The van der Waals surface area contributed by atoms with E-state index in [0.717, 1.165) is 50.8 Å². The lowest BCUT2D eigenvalue weighted by Gasteiger charge is -2.28. The van der Waals surface area contributed by atoms with Gasteiger partial charge in [-0.05, 0) is 68.8 Å². The number of carbonyl (C=O) groups excluding carboxylic acids is 1. The Hall–Kier alpha value is -1.06. The highest BCUT2D eigenvalue weighted by molar-refractivity contribution is 5.96. The molecule has 1 aliphatic heterocycles. The number of fused-ring (bicyclic) bond motifs is 1. The van der Waals surface area contributed by atoms with Crippen LogP contribution in [-0.2, 0) is 12.8 Å². The molecule has 4 heteroatoms. The Morgan fingerprint density at radius 3 is 2.90 bits per heavy atom. The Morgan fingerprint density at radius 1 is 1.19 bits per heavy atom. The SMILES string of the molecule is CN(C(=O)c1cccc2c1CCC2)C1CCCNCC1.Cl. The number of aryl methyl sites for hydroxylation is 1. The number of carbonyl (C=O) groups is 1. The smallest absolute Gasteiger partial charge is 0.254 e.